The van der Waals surface area contributed by atoms with Gasteiger partial charge in [-0.3, -0.25) is 9.59 Å². The van der Waals surface area contributed by atoms with Gasteiger partial charge in [0.05, 0.1) is 17.0 Å². The van der Waals surface area contributed by atoms with Gasteiger partial charge in [0.2, 0.25) is 5.91 Å². The highest BCUT2D eigenvalue weighted by Crippen LogP contribution is 2.53. The van der Waals surface area contributed by atoms with Crippen LogP contribution in [0.2, 0.25) is 0 Å². The van der Waals surface area contributed by atoms with Crippen LogP contribution in [0.1, 0.15) is 48.5 Å². The summed E-state index contributed by atoms with van der Waals surface area (Å²) in [5.74, 6) is 0.199. The van der Waals surface area contributed by atoms with E-state index in [9.17, 15) is 9.59 Å². The number of carbonyl (C=O) groups excluding carboxylic acids is 2. The maximum absolute atomic E-state index is 13.6. The van der Waals surface area contributed by atoms with Crippen molar-refractivity contribution >= 4 is 11.8 Å². The van der Waals surface area contributed by atoms with E-state index in [1.165, 1.54) is 0 Å². The number of nitrogens with zero attached hydrogens (tertiary/aromatic N) is 4. The van der Waals surface area contributed by atoms with Crippen molar-refractivity contribution in [1.82, 2.24) is 14.7 Å². The number of piperazine rings is 1. The van der Waals surface area contributed by atoms with Gasteiger partial charge >= 0.3 is 0 Å². The fraction of sp³-hybridized carbons (Fsp3) is 0.591. The first-order chi connectivity index (χ1) is 13.5. The summed E-state index contributed by atoms with van der Waals surface area (Å²) < 4.78 is 0. The molecule has 0 spiro atoms. The maximum Gasteiger partial charge on any atom is 0.254 e. The minimum Gasteiger partial charge on any atom is -0.340 e. The first-order valence-electron chi connectivity index (χ1n) is 10.3. The number of hydrogen-bond acceptors (Lipinski definition) is 4. The molecule has 3 fully saturated rings. The number of amides is 2. The average molecular weight is 380 g/mol. The topological polar surface area (TPSA) is 67.7 Å². The molecule has 0 radical (unpaired) electrons. The molecule has 3 heterocycles. The zero-order valence-electron chi connectivity index (χ0n) is 16.7. The Hall–Kier alpha value is -2.39. The van der Waals surface area contributed by atoms with Gasteiger partial charge < -0.3 is 14.7 Å². The molecular weight excluding hydrogens is 352 g/mol. The summed E-state index contributed by atoms with van der Waals surface area (Å²) in [7, 11) is 2.09. The lowest BCUT2D eigenvalue weighted by Gasteiger charge is -2.42. The number of fused-ring (bicyclic) bond motifs is 2. The van der Waals surface area contributed by atoms with Crippen molar-refractivity contribution < 1.29 is 9.59 Å². The van der Waals surface area contributed by atoms with Crippen molar-refractivity contribution in [3.8, 4) is 6.07 Å². The number of carbonyl (C=O) groups is 2. The Balaban J connectivity index is 1.60. The molecule has 3 aliphatic rings. The highest BCUT2D eigenvalue weighted by molar-refractivity contribution is 5.97. The lowest BCUT2D eigenvalue weighted by Crippen LogP contribution is -2.55. The molecule has 6 heteroatoms. The first kappa shape index (κ1) is 18.9. The Kier molecular flexibility index (Phi) is 4.88. The maximum atomic E-state index is 13.6. The molecule has 148 valence electrons. The lowest BCUT2D eigenvalue weighted by molar-refractivity contribution is -0.146. The average Bonchev–Trinajstić information content (AvgIpc) is 3.29. The smallest absolute Gasteiger partial charge is 0.254 e. The number of hydrogen-bond donors (Lipinski definition) is 0. The Labute approximate surface area is 166 Å². The summed E-state index contributed by atoms with van der Waals surface area (Å²) in [6, 6.07) is 9.10. The molecule has 2 bridgehead atoms. The lowest BCUT2D eigenvalue weighted by atomic mass is 9.70. The van der Waals surface area contributed by atoms with Crippen LogP contribution < -0.4 is 0 Å². The van der Waals surface area contributed by atoms with Crippen molar-refractivity contribution in [3.63, 3.8) is 0 Å². The van der Waals surface area contributed by atoms with E-state index in [0.29, 0.717) is 11.1 Å². The molecule has 0 saturated carbocycles. The van der Waals surface area contributed by atoms with Crippen LogP contribution in [0.5, 0.6) is 0 Å². The van der Waals surface area contributed by atoms with Gasteiger partial charge in [-0.05, 0) is 50.9 Å². The van der Waals surface area contributed by atoms with E-state index in [-0.39, 0.29) is 23.9 Å². The van der Waals surface area contributed by atoms with E-state index in [4.69, 9.17) is 5.26 Å². The predicted octanol–water partition coefficient (Wildman–Crippen LogP) is 2.11. The fourth-order valence-corrected chi connectivity index (χ4v) is 5.45. The van der Waals surface area contributed by atoms with Crippen LogP contribution in [0.25, 0.3) is 0 Å². The molecule has 3 saturated heterocycles. The van der Waals surface area contributed by atoms with Gasteiger partial charge in [-0.25, -0.2) is 0 Å². The second-order valence-electron chi connectivity index (χ2n) is 8.46. The van der Waals surface area contributed by atoms with E-state index >= 15 is 0 Å². The zero-order valence-corrected chi connectivity index (χ0v) is 16.7. The van der Waals surface area contributed by atoms with E-state index in [1.54, 1.807) is 24.3 Å². The molecule has 4 rings (SSSR count). The van der Waals surface area contributed by atoms with Gasteiger partial charge in [0.1, 0.15) is 0 Å². The van der Waals surface area contributed by atoms with Crippen molar-refractivity contribution in [3.05, 3.63) is 35.4 Å². The second kappa shape index (κ2) is 7.21. The quantitative estimate of drug-likeness (QED) is 0.805. The van der Waals surface area contributed by atoms with E-state index in [0.717, 1.165) is 51.9 Å². The predicted molar refractivity (Wildman–Crippen MR) is 106 cm³/mol. The van der Waals surface area contributed by atoms with Gasteiger partial charge in [-0.1, -0.05) is 13.0 Å². The molecule has 2 amide bonds. The summed E-state index contributed by atoms with van der Waals surface area (Å²) in [5, 5.41) is 9.15. The highest BCUT2D eigenvalue weighted by atomic mass is 16.2. The van der Waals surface area contributed by atoms with Gasteiger partial charge in [0, 0.05) is 43.8 Å². The van der Waals surface area contributed by atoms with Crippen LogP contribution in [0.3, 0.4) is 0 Å². The SMILES string of the molecule is CC[C@@]1(C(=O)N2CCN(C)CC2)C[C@@H]2CC[C@H]1N2C(=O)c1cccc(C#N)c1. The Morgan fingerprint density at radius 2 is 1.96 bits per heavy atom. The van der Waals surface area contributed by atoms with Crippen molar-refractivity contribution in [2.75, 3.05) is 33.2 Å². The van der Waals surface area contributed by atoms with Gasteiger partial charge in [0.25, 0.3) is 5.91 Å². The van der Waals surface area contributed by atoms with Crippen LogP contribution >= 0.6 is 0 Å². The summed E-state index contributed by atoms with van der Waals surface area (Å²) in [6.07, 6.45) is 3.39. The monoisotopic (exact) mass is 380 g/mol. The third-order valence-electron chi connectivity index (χ3n) is 7.06. The van der Waals surface area contributed by atoms with E-state index < -0.39 is 5.41 Å². The molecular formula is C22H28N4O2. The summed E-state index contributed by atoms with van der Waals surface area (Å²) in [4.78, 5) is 33.1. The number of benzene rings is 1. The molecule has 0 aromatic heterocycles. The summed E-state index contributed by atoms with van der Waals surface area (Å²) in [6.45, 7) is 5.44. The Morgan fingerprint density at radius 3 is 2.64 bits per heavy atom. The fourth-order valence-electron chi connectivity index (χ4n) is 5.45. The van der Waals surface area contributed by atoms with Crippen molar-refractivity contribution in [2.24, 2.45) is 5.41 Å². The zero-order chi connectivity index (χ0) is 19.9. The molecule has 0 aliphatic carbocycles. The normalized spacial score (nSPS) is 29.8. The Morgan fingerprint density at radius 1 is 1.21 bits per heavy atom. The third kappa shape index (κ3) is 2.89. The third-order valence-corrected chi connectivity index (χ3v) is 7.06. The highest BCUT2D eigenvalue weighted by Gasteiger charge is 2.61. The molecule has 3 aliphatic heterocycles. The van der Waals surface area contributed by atoms with Crippen molar-refractivity contribution in [2.45, 2.75) is 44.7 Å². The second-order valence-corrected chi connectivity index (χ2v) is 8.46. The number of rotatable bonds is 3. The summed E-state index contributed by atoms with van der Waals surface area (Å²) in [5.41, 5.74) is 0.587. The standard InChI is InChI=1S/C22H28N4O2/c1-3-22(21(28)25-11-9-24(2)10-12-25)14-18-7-8-19(22)26(18)20(27)17-6-4-5-16(13-17)15-23/h4-6,13,18-19H,3,7-12,14H2,1-2H3/t18-,19+,22+/m0/s1. The van der Waals surface area contributed by atoms with Crippen LogP contribution in [0.4, 0.5) is 0 Å². The largest absolute Gasteiger partial charge is 0.340 e. The molecule has 28 heavy (non-hydrogen) atoms. The van der Waals surface area contributed by atoms with E-state index in [2.05, 4.69) is 24.9 Å². The Bertz CT molecular complexity index is 824. The van der Waals surface area contributed by atoms with Crippen LogP contribution in [-0.2, 0) is 4.79 Å². The minimum absolute atomic E-state index is 0.0344. The van der Waals surface area contributed by atoms with Gasteiger partial charge in [-0.15, -0.1) is 0 Å². The molecule has 0 unspecified atom stereocenters. The number of likely N-dealkylation sites (N-methyl/N-ethyl adjacent to an activating group) is 1. The van der Waals surface area contributed by atoms with Gasteiger partial charge in [0.15, 0.2) is 0 Å². The van der Waals surface area contributed by atoms with E-state index in [1.807, 2.05) is 9.80 Å². The molecule has 1 aromatic carbocycles. The van der Waals surface area contributed by atoms with Crippen LogP contribution in [0.15, 0.2) is 24.3 Å². The molecule has 6 nitrogen and oxygen atoms in total. The molecule has 1 aromatic rings. The van der Waals surface area contributed by atoms with Crippen LogP contribution in [0, 0.1) is 16.7 Å². The minimum atomic E-state index is -0.457. The van der Waals surface area contributed by atoms with Crippen molar-refractivity contribution in [1.29, 1.82) is 5.26 Å². The molecule has 3 atom stereocenters. The first-order valence-corrected chi connectivity index (χ1v) is 10.3. The number of nitriles is 1. The molecule has 0 N–H and O–H groups in total. The summed E-state index contributed by atoms with van der Waals surface area (Å²) >= 11 is 0. The van der Waals surface area contributed by atoms with Crippen LogP contribution in [-0.4, -0.2) is 71.8 Å². The van der Waals surface area contributed by atoms with Gasteiger partial charge in [-0.2, -0.15) is 5.26 Å².